The lowest BCUT2D eigenvalue weighted by Crippen LogP contribution is -2.31. The Balaban J connectivity index is 1.81. The molecule has 1 aliphatic heterocycles. The van der Waals surface area contributed by atoms with E-state index in [1.807, 2.05) is 6.92 Å². The molecule has 2 unspecified atom stereocenters. The van der Waals surface area contributed by atoms with Crippen LogP contribution in [0.4, 0.5) is 17.3 Å². The highest BCUT2D eigenvalue weighted by atomic mass is 16.6. The van der Waals surface area contributed by atoms with E-state index >= 15 is 0 Å². The molecule has 2 fully saturated rings. The Labute approximate surface area is 123 Å². The first kappa shape index (κ1) is 14.1. The highest BCUT2D eigenvalue weighted by molar-refractivity contribution is 5.60. The monoisotopic (exact) mass is 292 g/mol. The van der Waals surface area contributed by atoms with Crippen LogP contribution in [0, 0.1) is 16.0 Å². The maximum absolute atomic E-state index is 11.2. The van der Waals surface area contributed by atoms with Crippen molar-refractivity contribution in [3.05, 3.63) is 22.2 Å². The highest BCUT2D eigenvalue weighted by Crippen LogP contribution is 2.40. The van der Waals surface area contributed by atoms with E-state index in [1.165, 1.54) is 18.9 Å². The Bertz CT molecular complexity index is 533. The molecule has 0 spiro atoms. The van der Waals surface area contributed by atoms with Crippen LogP contribution in [-0.2, 0) is 4.74 Å². The summed E-state index contributed by atoms with van der Waals surface area (Å²) in [6.07, 6.45) is 3.41. The van der Waals surface area contributed by atoms with E-state index in [0.717, 1.165) is 13.0 Å². The zero-order valence-electron chi connectivity index (χ0n) is 12.0. The molecular weight excluding hydrogens is 272 g/mol. The van der Waals surface area contributed by atoms with Crippen LogP contribution in [0.1, 0.15) is 26.2 Å². The van der Waals surface area contributed by atoms with Gasteiger partial charge in [0.1, 0.15) is 5.82 Å². The molecule has 3 rings (SSSR count). The normalized spacial score (nSPS) is 24.8. The third kappa shape index (κ3) is 3.07. The molecule has 1 saturated heterocycles. The van der Waals surface area contributed by atoms with Crippen molar-refractivity contribution in [3.63, 3.8) is 0 Å². The number of ether oxygens (including phenoxy) is 1. The van der Waals surface area contributed by atoms with Gasteiger partial charge < -0.3 is 15.4 Å². The fourth-order valence-corrected chi connectivity index (χ4v) is 2.82. The predicted octanol–water partition coefficient (Wildman–Crippen LogP) is 2.40. The number of aromatic nitrogens is 1. The molecule has 1 saturated carbocycles. The van der Waals surface area contributed by atoms with Crippen LogP contribution < -0.4 is 10.6 Å². The van der Waals surface area contributed by atoms with Crippen LogP contribution in [0.3, 0.4) is 0 Å². The van der Waals surface area contributed by atoms with Crippen molar-refractivity contribution in [2.75, 3.05) is 23.8 Å². The van der Waals surface area contributed by atoms with Gasteiger partial charge >= 0.3 is 5.69 Å². The zero-order valence-corrected chi connectivity index (χ0v) is 12.0. The molecule has 0 bridgehead atoms. The molecule has 7 nitrogen and oxygen atoms in total. The average molecular weight is 292 g/mol. The largest absolute Gasteiger partial charge is 0.376 e. The minimum absolute atomic E-state index is 0.0121. The maximum atomic E-state index is 11.2. The van der Waals surface area contributed by atoms with E-state index in [0.29, 0.717) is 24.2 Å². The van der Waals surface area contributed by atoms with Crippen molar-refractivity contribution in [2.45, 2.75) is 38.3 Å². The van der Waals surface area contributed by atoms with Crippen molar-refractivity contribution < 1.29 is 9.66 Å². The molecule has 114 valence electrons. The highest BCUT2D eigenvalue weighted by Gasteiger charge is 2.41. The Kier molecular flexibility index (Phi) is 3.92. The lowest BCUT2D eigenvalue weighted by Gasteiger charge is -2.20. The first-order valence-electron chi connectivity index (χ1n) is 7.46. The van der Waals surface area contributed by atoms with Crippen LogP contribution in [0.15, 0.2) is 12.1 Å². The first-order chi connectivity index (χ1) is 10.2. The smallest absolute Gasteiger partial charge is 0.311 e. The second-order valence-electron chi connectivity index (χ2n) is 5.56. The van der Waals surface area contributed by atoms with Crippen molar-refractivity contribution in [3.8, 4) is 0 Å². The molecule has 2 atom stereocenters. The third-order valence-electron chi connectivity index (χ3n) is 3.97. The Morgan fingerprint density at radius 3 is 2.90 bits per heavy atom. The minimum Gasteiger partial charge on any atom is -0.376 e. The minimum atomic E-state index is -0.396. The van der Waals surface area contributed by atoms with Gasteiger partial charge in [-0.3, -0.25) is 10.1 Å². The number of nitrogens with one attached hydrogen (secondary N) is 2. The van der Waals surface area contributed by atoms with Crippen molar-refractivity contribution >= 4 is 17.3 Å². The summed E-state index contributed by atoms with van der Waals surface area (Å²) in [4.78, 5) is 15.1. The number of anilines is 2. The first-order valence-corrected chi connectivity index (χ1v) is 7.46. The van der Waals surface area contributed by atoms with E-state index in [1.54, 1.807) is 6.07 Å². The standard InChI is InChI=1S/C14H20N4O3/c1-2-15-12-6-5-11(18(19)20)14(17-12)16-10-7-8-21-13(10)9-3-4-9/h5-6,9-10,13H,2-4,7-8H2,1H3,(H2,15,16,17). The van der Waals surface area contributed by atoms with Gasteiger partial charge in [0, 0.05) is 19.2 Å². The third-order valence-corrected chi connectivity index (χ3v) is 3.97. The topological polar surface area (TPSA) is 89.3 Å². The molecule has 0 aromatic carbocycles. The zero-order chi connectivity index (χ0) is 14.8. The Morgan fingerprint density at radius 1 is 1.43 bits per heavy atom. The summed E-state index contributed by atoms with van der Waals surface area (Å²) >= 11 is 0. The molecular formula is C14H20N4O3. The number of hydrogen-bond donors (Lipinski definition) is 2. The second-order valence-corrected chi connectivity index (χ2v) is 5.56. The fraction of sp³-hybridized carbons (Fsp3) is 0.643. The summed E-state index contributed by atoms with van der Waals surface area (Å²) < 4.78 is 5.76. The summed E-state index contributed by atoms with van der Waals surface area (Å²) in [5.41, 5.74) is 0.0121. The van der Waals surface area contributed by atoms with Gasteiger partial charge in [-0.2, -0.15) is 0 Å². The summed E-state index contributed by atoms with van der Waals surface area (Å²) in [6, 6.07) is 3.24. The van der Waals surface area contributed by atoms with Crippen LogP contribution in [-0.4, -0.2) is 35.2 Å². The van der Waals surface area contributed by atoms with Gasteiger partial charge in [-0.15, -0.1) is 0 Å². The van der Waals surface area contributed by atoms with Gasteiger partial charge in [0.2, 0.25) is 5.82 Å². The van der Waals surface area contributed by atoms with E-state index < -0.39 is 4.92 Å². The summed E-state index contributed by atoms with van der Waals surface area (Å²) in [7, 11) is 0. The van der Waals surface area contributed by atoms with E-state index in [9.17, 15) is 10.1 Å². The van der Waals surface area contributed by atoms with Crippen LogP contribution in [0.25, 0.3) is 0 Å². The number of hydrogen-bond acceptors (Lipinski definition) is 6. The lowest BCUT2D eigenvalue weighted by atomic mass is 10.1. The van der Waals surface area contributed by atoms with Gasteiger partial charge in [-0.05, 0) is 38.2 Å². The molecule has 2 N–H and O–H groups in total. The SMILES string of the molecule is CCNc1ccc([N+](=O)[O-])c(NC2CCOC2C2CC2)n1. The van der Waals surface area contributed by atoms with Crippen molar-refractivity contribution in [2.24, 2.45) is 5.92 Å². The molecule has 7 heteroatoms. The number of pyridine rings is 1. The summed E-state index contributed by atoms with van der Waals surface area (Å²) in [6.45, 7) is 3.39. The van der Waals surface area contributed by atoms with Gasteiger partial charge in [-0.1, -0.05) is 0 Å². The van der Waals surface area contributed by atoms with E-state index in [4.69, 9.17) is 4.74 Å². The fourth-order valence-electron chi connectivity index (χ4n) is 2.82. The summed E-state index contributed by atoms with van der Waals surface area (Å²) in [5, 5.41) is 17.5. The van der Waals surface area contributed by atoms with Gasteiger partial charge in [0.15, 0.2) is 0 Å². The molecule has 2 heterocycles. The summed E-state index contributed by atoms with van der Waals surface area (Å²) in [5.74, 6) is 1.58. The van der Waals surface area contributed by atoms with E-state index in [-0.39, 0.29) is 17.8 Å². The quantitative estimate of drug-likeness (QED) is 0.618. The number of rotatable bonds is 6. The number of nitrogens with zero attached hydrogens (tertiary/aromatic N) is 2. The van der Waals surface area contributed by atoms with Gasteiger partial charge in [0.25, 0.3) is 0 Å². The molecule has 0 radical (unpaired) electrons. The van der Waals surface area contributed by atoms with Gasteiger partial charge in [0.05, 0.1) is 17.1 Å². The predicted molar refractivity (Wildman–Crippen MR) is 79.5 cm³/mol. The number of nitro groups is 1. The average Bonchev–Trinajstić information content (AvgIpc) is 3.20. The Hall–Kier alpha value is -1.89. The van der Waals surface area contributed by atoms with Crippen molar-refractivity contribution in [1.82, 2.24) is 4.98 Å². The molecule has 0 amide bonds. The second kappa shape index (κ2) is 5.85. The molecule has 21 heavy (non-hydrogen) atoms. The molecule has 2 aliphatic rings. The van der Waals surface area contributed by atoms with Crippen LogP contribution >= 0.6 is 0 Å². The van der Waals surface area contributed by atoms with Crippen molar-refractivity contribution in [1.29, 1.82) is 0 Å². The lowest BCUT2D eigenvalue weighted by molar-refractivity contribution is -0.384. The van der Waals surface area contributed by atoms with Gasteiger partial charge in [-0.25, -0.2) is 4.98 Å². The molecule has 1 aliphatic carbocycles. The molecule has 1 aromatic heterocycles. The van der Waals surface area contributed by atoms with E-state index in [2.05, 4.69) is 15.6 Å². The van der Waals surface area contributed by atoms with Crippen LogP contribution in [0.5, 0.6) is 0 Å². The molecule has 1 aromatic rings. The maximum Gasteiger partial charge on any atom is 0.311 e. The Morgan fingerprint density at radius 2 is 2.24 bits per heavy atom. The van der Waals surface area contributed by atoms with Crippen LogP contribution in [0.2, 0.25) is 0 Å².